The number of amides is 1. The molecule has 2 aromatic rings. The molecule has 0 aromatic carbocycles. The first-order valence-electron chi connectivity index (χ1n) is 6.76. The average Bonchev–Trinajstić information content (AvgIpc) is 2.80. The molecule has 0 aliphatic heterocycles. The van der Waals surface area contributed by atoms with Crippen LogP contribution < -0.4 is 5.76 Å². The molecule has 7 nitrogen and oxygen atoms in total. The van der Waals surface area contributed by atoms with Crippen molar-refractivity contribution in [3.63, 3.8) is 0 Å². The molecular weight excluding hydrogens is 272 g/mol. The molecule has 0 N–H and O–H groups in total. The topological polar surface area (TPSA) is 81.2 Å². The molecule has 0 radical (unpaired) electrons. The van der Waals surface area contributed by atoms with E-state index in [1.54, 1.807) is 29.3 Å². The van der Waals surface area contributed by atoms with Crippen molar-refractivity contribution >= 4 is 6.03 Å². The zero-order chi connectivity index (χ0) is 15.6. The van der Waals surface area contributed by atoms with Gasteiger partial charge in [-0.2, -0.15) is 4.57 Å². The fourth-order valence-corrected chi connectivity index (χ4v) is 2.23. The number of aromatic nitrogens is 3. The summed E-state index contributed by atoms with van der Waals surface area (Å²) in [6, 6.07) is 4.57. The third kappa shape index (κ3) is 2.86. The zero-order valence-corrected chi connectivity index (χ0v) is 12.5. The normalized spacial score (nSPS) is 11.1. The van der Waals surface area contributed by atoms with Gasteiger partial charge in [-0.1, -0.05) is 11.2 Å². The number of carbonyl (C=O) groups is 1. The fourth-order valence-electron chi connectivity index (χ4n) is 2.23. The second-order valence-corrected chi connectivity index (χ2v) is 5.20. The van der Waals surface area contributed by atoms with Gasteiger partial charge in [-0.05, 0) is 39.8 Å². The molecule has 2 rings (SSSR count). The predicted molar refractivity (Wildman–Crippen MR) is 76.9 cm³/mol. The van der Waals surface area contributed by atoms with Crippen molar-refractivity contribution in [1.29, 1.82) is 0 Å². The van der Waals surface area contributed by atoms with Gasteiger partial charge in [-0.3, -0.25) is 9.51 Å². The quantitative estimate of drug-likeness (QED) is 0.863. The van der Waals surface area contributed by atoms with E-state index in [4.69, 9.17) is 0 Å². The summed E-state index contributed by atoms with van der Waals surface area (Å²) < 4.78 is 5.57. The summed E-state index contributed by atoms with van der Waals surface area (Å²) in [4.78, 5) is 30.2. The molecule has 1 amide bonds. The van der Waals surface area contributed by atoms with Crippen molar-refractivity contribution in [3.8, 4) is 11.5 Å². The van der Waals surface area contributed by atoms with Crippen molar-refractivity contribution < 1.29 is 9.32 Å². The van der Waals surface area contributed by atoms with Crippen LogP contribution in [0.1, 0.15) is 27.7 Å². The van der Waals surface area contributed by atoms with Gasteiger partial charge in [0, 0.05) is 18.3 Å². The summed E-state index contributed by atoms with van der Waals surface area (Å²) >= 11 is 0. The first-order valence-corrected chi connectivity index (χ1v) is 6.76. The molecule has 112 valence electrons. The van der Waals surface area contributed by atoms with Crippen LogP contribution >= 0.6 is 0 Å². The van der Waals surface area contributed by atoms with E-state index in [1.807, 2.05) is 27.7 Å². The first kappa shape index (κ1) is 15.0. The van der Waals surface area contributed by atoms with Crippen LogP contribution in [-0.4, -0.2) is 37.7 Å². The van der Waals surface area contributed by atoms with Crippen LogP contribution in [0, 0.1) is 0 Å². The maximum Gasteiger partial charge on any atom is 0.450 e. The lowest BCUT2D eigenvalue weighted by Crippen LogP contribution is -2.46. The molecule has 0 bridgehead atoms. The Morgan fingerprint density at radius 1 is 1.24 bits per heavy atom. The summed E-state index contributed by atoms with van der Waals surface area (Å²) in [5, 5.41) is 3.67. The minimum absolute atomic E-state index is 0.0594. The monoisotopic (exact) mass is 290 g/mol. The number of hydrogen-bond donors (Lipinski definition) is 0. The first-order chi connectivity index (χ1) is 9.93. The van der Waals surface area contributed by atoms with Crippen LogP contribution in [0.5, 0.6) is 0 Å². The van der Waals surface area contributed by atoms with Gasteiger partial charge in [0.25, 0.3) is 0 Å². The van der Waals surface area contributed by atoms with Gasteiger partial charge in [-0.25, -0.2) is 9.59 Å². The Labute approximate surface area is 122 Å². The maximum absolute atomic E-state index is 12.7. The van der Waals surface area contributed by atoms with Crippen LogP contribution in [-0.2, 0) is 0 Å². The smallest absolute Gasteiger partial charge is 0.319 e. The summed E-state index contributed by atoms with van der Waals surface area (Å²) in [6.45, 7) is 7.54. The number of carbonyl (C=O) groups excluding carboxylic acids is 1. The van der Waals surface area contributed by atoms with Crippen LogP contribution in [0.3, 0.4) is 0 Å². The van der Waals surface area contributed by atoms with Gasteiger partial charge in [0.15, 0.2) is 0 Å². The highest BCUT2D eigenvalue weighted by atomic mass is 16.5. The molecule has 2 heterocycles. The van der Waals surface area contributed by atoms with E-state index in [1.165, 1.54) is 0 Å². The standard InChI is InChI=1S/C14H18N4O3/c1-9(2)17(10(3)4)13(19)18-12(16-21-14(18)20)11-7-5-6-8-15-11/h5-10H,1-4H3. The van der Waals surface area contributed by atoms with Crippen molar-refractivity contribution in [2.75, 3.05) is 0 Å². The van der Waals surface area contributed by atoms with E-state index in [0.29, 0.717) is 5.69 Å². The Morgan fingerprint density at radius 3 is 2.43 bits per heavy atom. The minimum Gasteiger partial charge on any atom is -0.319 e. The SMILES string of the molecule is CC(C)N(C(=O)n1c(-c2ccccn2)noc1=O)C(C)C. The van der Waals surface area contributed by atoms with Crippen LogP contribution in [0.2, 0.25) is 0 Å². The van der Waals surface area contributed by atoms with Gasteiger partial charge < -0.3 is 4.90 Å². The molecule has 0 saturated heterocycles. The zero-order valence-electron chi connectivity index (χ0n) is 12.5. The van der Waals surface area contributed by atoms with Crippen molar-refractivity contribution in [2.24, 2.45) is 0 Å². The molecular formula is C14H18N4O3. The summed E-state index contributed by atoms with van der Waals surface area (Å²) in [7, 11) is 0. The second-order valence-electron chi connectivity index (χ2n) is 5.20. The number of hydrogen-bond acceptors (Lipinski definition) is 5. The molecule has 0 spiro atoms. The summed E-state index contributed by atoms with van der Waals surface area (Å²) in [6.07, 6.45) is 1.56. The average molecular weight is 290 g/mol. The van der Waals surface area contributed by atoms with Crippen LogP contribution in [0.4, 0.5) is 4.79 Å². The Morgan fingerprint density at radius 2 is 1.90 bits per heavy atom. The van der Waals surface area contributed by atoms with Gasteiger partial charge in [0.2, 0.25) is 5.82 Å². The fraction of sp³-hybridized carbons (Fsp3) is 0.429. The molecule has 7 heteroatoms. The van der Waals surface area contributed by atoms with Gasteiger partial charge >= 0.3 is 11.8 Å². The summed E-state index contributed by atoms with van der Waals surface area (Å²) in [5.41, 5.74) is 0.407. The third-order valence-corrected chi connectivity index (χ3v) is 3.02. The van der Waals surface area contributed by atoms with E-state index in [2.05, 4.69) is 14.7 Å². The maximum atomic E-state index is 12.7. The Kier molecular flexibility index (Phi) is 4.21. The molecule has 21 heavy (non-hydrogen) atoms. The molecule has 0 saturated carbocycles. The minimum atomic E-state index is -0.813. The molecule has 2 aromatic heterocycles. The highest BCUT2D eigenvalue weighted by Gasteiger charge is 2.28. The molecule has 0 aliphatic rings. The Hall–Kier alpha value is -2.44. The Bertz CT molecular complexity index is 665. The van der Waals surface area contributed by atoms with E-state index >= 15 is 0 Å². The van der Waals surface area contributed by atoms with Crippen LogP contribution in [0.15, 0.2) is 33.7 Å². The predicted octanol–water partition coefficient (Wildman–Crippen LogP) is 1.99. The lowest BCUT2D eigenvalue weighted by atomic mass is 10.2. The van der Waals surface area contributed by atoms with Gasteiger partial charge in [-0.15, -0.1) is 0 Å². The molecule has 0 fully saturated rings. The molecule has 0 unspecified atom stereocenters. The number of rotatable bonds is 3. The summed E-state index contributed by atoms with van der Waals surface area (Å²) in [5.74, 6) is -0.705. The molecule has 0 atom stereocenters. The van der Waals surface area contributed by atoms with Crippen molar-refractivity contribution in [3.05, 3.63) is 34.9 Å². The lowest BCUT2D eigenvalue weighted by Gasteiger charge is -2.30. The van der Waals surface area contributed by atoms with E-state index in [-0.39, 0.29) is 17.9 Å². The van der Waals surface area contributed by atoms with E-state index in [0.717, 1.165) is 4.57 Å². The largest absolute Gasteiger partial charge is 0.450 e. The van der Waals surface area contributed by atoms with Gasteiger partial charge in [0.05, 0.1) is 0 Å². The second kappa shape index (κ2) is 5.90. The van der Waals surface area contributed by atoms with Crippen LogP contribution in [0.25, 0.3) is 11.5 Å². The highest BCUT2D eigenvalue weighted by Crippen LogP contribution is 2.15. The van der Waals surface area contributed by atoms with Crippen molar-refractivity contribution in [1.82, 2.24) is 19.6 Å². The van der Waals surface area contributed by atoms with E-state index in [9.17, 15) is 9.59 Å². The number of nitrogens with zero attached hydrogens (tertiary/aromatic N) is 4. The van der Waals surface area contributed by atoms with Gasteiger partial charge in [0.1, 0.15) is 5.69 Å². The highest BCUT2D eigenvalue weighted by molar-refractivity contribution is 5.81. The van der Waals surface area contributed by atoms with Crippen molar-refractivity contribution in [2.45, 2.75) is 39.8 Å². The Balaban J connectivity index is 2.52. The van der Waals surface area contributed by atoms with E-state index < -0.39 is 11.8 Å². The molecule has 0 aliphatic carbocycles. The lowest BCUT2D eigenvalue weighted by molar-refractivity contribution is 0.165. The third-order valence-electron chi connectivity index (χ3n) is 3.02. The number of pyridine rings is 1.